The fraction of sp³-hybridized carbons (Fsp3) is 0.308. The molecular weight excluding hydrogens is 266 g/mol. The highest BCUT2D eigenvalue weighted by Gasteiger charge is 2.23. The average molecular weight is 279 g/mol. The first-order valence-corrected chi connectivity index (χ1v) is 5.85. The second-order valence-electron chi connectivity index (χ2n) is 4.09. The van der Waals surface area contributed by atoms with Gasteiger partial charge in [0.2, 0.25) is 5.75 Å². The summed E-state index contributed by atoms with van der Waals surface area (Å²) in [4.78, 5) is 21.9. The third-order valence-corrected chi connectivity index (χ3v) is 2.89. The summed E-state index contributed by atoms with van der Waals surface area (Å²) in [6, 6.07) is 2.91. The molecule has 1 aromatic rings. The van der Waals surface area contributed by atoms with E-state index in [2.05, 4.69) is 0 Å². The van der Waals surface area contributed by atoms with Crippen molar-refractivity contribution in [1.29, 1.82) is 0 Å². The molecule has 7 nitrogen and oxygen atoms in total. The molecule has 1 fully saturated rings. The highest BCUT2D eigenvalue weighted by Crippen LogP contribution is 2.38. The van der Waals surface area contributed by atoms with Crippen LogP contribution in [-0.4, -0.2) is 31.7 Å². The summed E-state index contributed by atoms with van der Waals surface area (Å²) in [5, 5.41) is 11.1. The van der Waals surface area contributed by atoms with E-state index in [0.29, 0.717) is 24.2 Å². The summed E-state index contributed by atoms with van der Waals surface area (Å²) < 4.78 is 14.9. The van der Waals surface area contributed by atoms with Crippen molar-refractivity contribution in [3.05, 3.63) is 33.4 Å². The van der Waals surface area contributed by atoms with Gasteiger partial charge in [-0.1, -0.05) is 0 Å². The van der Waals surface area contributed by atoms with Gasteiger partial charge in [-0.25, -0.2) is 4.79 Å². The highest BCUT2D eigenvalue weighted by molar-refractivity contribution is 5.95. The van der Waals surface area contributed by atoms with Gasteiger partial charge in [0, 0.05) is 18.1 Å². The Hall–Kier alpha value is -2.57. The number of methoxy groups -OCH3 is 2. The quantitative estimate of drug-likeness (QED) is 0.362. The van der Waals surface area contributed by atoms with Gasteiger partial charge in [-0.3, -0.25) is 10.1 Å². The minimum Gasteiger partial charge on any atom is -0.493 e. The van der Waals surface area contributed by atoms with Gasteiger partial charge in [-0.05, 0) is 17.7 Å². The summed E-state index contributed by atoms with van der Waals surface area (Å²) in [5.74, 6) is -0.115. The van der Waals surface area contributed by atoms with E-state index in [-0.39, 0.29) is 17.2 Å². The molecule has 1 aliphatic rings. The number of hydrogen-bond donors (Lipinski definition) is 0. The van der Waals surface area contributed by atoms with Crippen molar-refractivity contribution in [3.63, 3.8) is 0 Å². The van der Waals surface area contributed by atoms with E-state index in [4.69, 9.17) is 14.2 Å². The fourth-order valence-corrected chi connectivity index (χ4v) is 1.96. The van der Waals surface area contributed by atoms with E-state index in [1.54, 1.807) is 12.1 Å². The van der Waals surface area contributed by atoms with Crippen molar-refractivity contribution in [2.45, 2.75) is 6.42 Å². The van der Waals surface area contributed by atoms with E-state index in [1.807, 2.05) is 0 Å². The standard InChI is InChI=1S/C13H13NO6/c1-18-11-7-8(5-9-3-4-20-13(9)15)6-10(14(16)17)12(11)19-2/h5-7H,3-4H2,1-2H3. The molecule has 1 aliphatic heterocycles. The zero-order valence-corrected chi connectivity index (χ0v) is 11.0. The molecular formula is C13H13NO6. The number of hydrogen-bond acceptors (Lipinski definition) is 6. The van der Waals surface area contributed by atoms with Crippen LogP contribution in [-0.2, 0) is 9.53 Å². The number of nitro groups is 1. The van der Waals surface area contributed by atoms with Crippen molar-refractivity contribution in [1.82, 2.24) is 0 Å². The van der Waals surface area contributed by atoms with Crippen LogP contribution in [0, 0.1) is 10.1 Å². The summed E-state index contributed by atoms with van der Waals surface area (Å²) in [7, 11) is 2.72. The van der Waals surface area contributed by atoms with Crippen LogP contribution in [0.15, 0.2) is 17.7 Å². The summed E-state index contributed by atoms with van der Waals surface area (Å²) >= 11 is 0. The molecule has 0 unspecified atom stereocenters. The van der Waals surface area contributed by atoms with Crippen LogP contribution in [0.5, 0.6) is 11.5 Å². The SMILES string of the molecule is COc1cc(C=C2CCOC2=O)cc([N+](=O)[O-])c1OC. The average Bonchev–Trinajstić information content (AvgIpc) is 2.83. The second kappa shape index (κ2) is 5.60. The van der Waals surface area contributed by atoms with Crippen LogP contribution in [0.3, 0.4) is 0 Å². The van der Waals surface area contributed by atoms with Gasteiger partial charge in [0.05, 0.1) is 25.7 Å². The van der Waals surface area contributed by atoms with E-state index >= 15 is 0 Å². The molecule has 1 saturated heterocycles. The van der Waals surface area contributed by atoms with Crippen LogP contribution >= 0.6 is 0 Å². The normalized spacial score (nSPS) is 16.1. The van der Waals surface area contributed by atoms with Crippen LogP contribution in [0.2, 0.25) is 0 Å². The van der Waals surface area contributed by atoms with Gasteiger partial charge in [0.1, 0.15) is 0 Å². The lowest BCUT2D eigenvalue weighted by Gasteiger charge is -2.09. The van der Waals surface area contributed by atoms with Gasteiger partial charge >= 0.3 is 11.7 Å². The number of esters is 1. The number of nitro benzene ring substituents is 1. The molecule has 0 N–H and O–H groups in total. The molecule has 0 aromatic heterocycles. The molecule has 0 bridgehead atoms. The summed E-state index contributed by atoms with van der Waals surface area (Å²) in [5.41, 5.74) is 0.750. The maximum Gasteiger partial charge on any atom is 0.334 e. The maximum atomic E-state index is 11.4. The Kier molecular flexibility index (Phi) is 3.88. The molecule has 7 heteroatoms. The molecule has 0 radical (unpaired) electrons. The number of benzene rings is 1. The molecule has 0 spiro atoms. The molecule has 1 heterocycles. The Balaban J connectivity index is 2.52. The van der Waals surface area contributed by atoms with Crippen LogP contribution < -0.4 is 9.47 Å². The van der Waals surface area contributed by atoms with Gasteiger partial charge in [0.15, 0.2) is 5.75 Å². The molecule has 2 rings (SSSR count). The topological polar surface area (TPSA) is 87.9 Å². The van der Waals surface area contributed by atoms with Gasteiger partial charge in [-0.15, -0.1) is 0 Å². The largest absolute Gasteiger partial charge is 0.493 e. The lowest BCUT2D eigenvalue weighted by atomic mass is 10.1. The molecule has 106 valence electrons. The number of carbonyl (C=O) groups excluding carboxylic acids is 1. The number of ether oxygens (including phenoxy) is 3. The highest BCUT2D eigenvalue weighted by atomic mass is 16.6. The monoisotopic (exact) mass is 279 g/mol. The summed E-state index contributed by atoms with van der Waals surface area (Å²) in [6.45, 7) is 0.333. The molecule has 0 amide bonds. The Labute approximate surface area is 114 Å². The Bertz CT molecular complexity index is 593. The minimum atomic E-state index is -0.559. The zero-order valence-electron chi connectivity index (χ0n) is 11.0. The second-order valence-corrected chi connectivity index (χ2v) is 4.09. The predicted octanol–water partition coefficient (Wildman–Crippen LogP) is 1.94. The van der Waals surface area contributed by atoms with E-state index < -0.39 is 10.9 Å². The Morgan fingerprint density at radius 2 is 2.10 bits per heavy atom. The number of rotatable bonds is 4. The lowest BCUT2D eigenvalue weighted by Crippen LogP contribution is -1.99. The van der Waals surface area contributed by atoms with Crippen molar-refractivity contribution in [2.75, 3.05) is 20.8 Å². The molecule has 0 saturated carbocycles. The Morgan fingerprint density at radius 1 is 1.35 bits per heavy atom. The van der Waals surface area contributed by atoms with Gasteiger partial charge < -0.3 is 14.2 Å². The number of cyclic esters (lactones) is 1. The van der Waals surface area contributed by atoms with Crippen molar-refractivity contribution >= 4 is 17.7 Å². The van der Waals surface area contributed by atoms with E-state index in [0.717, 1.165) is 0 Å². The first-order chi connectivity index (χ1) is 9.56. The Morgan fingerprint density at radius 3 is 2.60 bits per heavy atom. The van der Waals surface area contributed by atoms with Crippen molar-refractivity contribution < 1.29 is 23.9 Å². The van der Waals surface area contributed by atoms with Gasteiger partial charge in [-0.2, -0.15) is 0 Å². The fourth-order valence-electron chi connectivity index (χ4n) is 1.96. The third-order valence-electron chi connectivity index (χ3n) is 2.89. The third kappa shape index (κ3) is 2.56. The van der Waals surface area contributed by atoms with Crippen LogP contribution in [0.25, 0.3) is 6.08 Å². The van der Waals surface area contributed by atoms with Crippen LogP contribution in [0.4, 0.5) is 5.69 Å². The molecule has 0 atom stereocenters. The van der Waals surface area contributed by atoms with Crippen molar-refractivity contribution in [3.8, 4) is 11.5 Å². The first-order valence-electron chi connectivity index (χ1n) is 5.85. The first kappa shape index (κ1) is 13.9. The van der Waals surface area contributed by atoms with Gasteiger partial charge in [0.25, 0.3) is 0 Å². The van der Waals surface area contributed by atoms with E-state index in [1.165, 1.54) is 20.3 Å². The number of nitrogens with zero attached hydrogens (tertiary/aromatic N) is 1. The maximum absolute atomic E-state index is 11.4. The molecule has 0 aliphatic carbocycles. The van der Waals surface area contributed by atoms with Crippen LogP contribution in [0.1, 0.15) is 12.0 Å². The molecule has 20 heavy (non-hydrogen) atoms. The van der Waals surface area contributed by atoms with Crippen molar-refractivity contribution in [2.24, 2.45) is 0 Å². The predicted molar refractivity (Wildman–Crippen MR) is 69.8 cm³/mol. The van der Waals surface area contributed by atoms with E-state index in [9.17, 15) is 14.9 Å². The zero-order chi connectivity index (χ0) is 14.7. The molecule has 1 aromatic carbocycles. The smallest absolute Gasteiger partial charge is 0.334 e. The lowest BCUT2D eigenvalue weighted by molar-refractivity contribution is -0.385. The number of carbonyl (C=O) groups is 1. The summed E-state index contributed by atoms with van der Waals surface area (Å²) in [6.07, 6.45) is 2.05. The minimum absolute atomic E-state index is 0.0497.